The number of benzene rings is 1. The third-order valence-electron chi connectivity index (χ3n) is 1.70. The zero-order valence-corrected chi connectivity index (χ0v) is 8.15. The molecule has 0 spiro atoms. The number of hydrogen-bond donors (Lipinski definition) is 0. The van der Waals surface area contributed by atoms with Gasteiger partial charge in [0, 0.05) is 17.7 Å². The standard InChI is InChI=1S/C10H5F5O2/c1-2-6-7(11)3-5(4-8(6)12)17-9(16)10(13,14)15/h2-4H,1H2. The van der Waals surface area contributed by atoms with E-state index in [9.17, 15) is 26.7 Å². The summed E-state index contributed by atoms with van der Waals surface area (Å²) in [6.45, 7) is 3.11. The smallest absolute Gasteiger partial charge is 0.420 e. The summed E-state index contributed by atoms with van der Waals surface area (Å²) in [7, 11) is 0. The molecule has 17 heavy (non-hydrogen) atoms. The highest BCUT2D eigenvalue weighted by atomic mass is 19.4. The van der Waals surface area contributed by atoms with Crippen molar-refractivity contribution >= 4 is 12.0 Å². The van der Waals surface area contributed by atoms with Gasteiger partial charge in [-0.2, -0.15) is 13.2 Å². The molecular formula is C10H5F5O2. The third kappa shape index (κ3) is 3.02. The van der Waals surface area contributed by atoms with Crippen LogP contribution in [-0.2, 0) is 4.79 Å². The first-order chi connectivity index (χ1) is 7.75. The summed E-state index contributed by atoms with van der Waals surface area (Å²) in [6, 6.07) is 0.924. The van der Waals surface area contributed by atoms with Crippen molar-refractivity contribution in [1.29, 1.82) is 0 Å². The number of carbonyl (C=O) groups excluding carboxylic acids is 1. The fourth-order valence-corrected chi connectivity index (χ4v) is 0.980. The number of halogens is 5. The Morgan fingerprint density at radius 2 is 1.71 bits per heavy atom. The molecule has 0 unspecified atom stereocenters. The maximum atomic E-state index is 13.1. The van der Waals surface area contributed by atoms with Crippen LogP contribution in [0.15, 0.2) is 18.7 Å². The van der Waals surface area contributed by atoms with Crippen molar-refractivity contribution < 1.29 is 31.5 Å². The van der Waals surface area contributed by atoms with Crippen molar-refractivity contribution in [2.24, 2.45) is 0 Å². The summed E-state index contributed by atoms with van der Waals surface area (Å²) in [4.78, 5) is 10.4. The molecule has 0 radical (unpaired) electrons. The molecular weight excluding hydrogens is 247 g/mol. The molecule has 0 bridgehead atoms. The first kappa shape index (κ1) is 13.1. The number of carbonyl (C=O) groups is 1. The van der Waals surface area contributed by atoms with E-state index in [2.05, 4.69) is 11.3 Å². The topological polar surface area (TPSA) is 26.3 Å². The van der Waals surface area contributed by atoms with Crippen LogP contribution in [0.25, 0.3) is 6.08 Å². The third-order valence-corrected chi connectivity index (χ3v) is 1.70. The molecule has 0 aliphatic rings. The Morgan fingerprint density at radius 3 is 2.06 bits per heavy atom. The van der Waals surface area contributed by atoms with Crippen LogP contribution < -0.4 is 4.74 Å². The fraction of sp³-hybridized carbons (Fsp3) is 0.100. The van der Waals surface area contributed by atoms with Gasteiger partial charge in [-0.05, 0) is 0 Å². The van der Waals surface area contributed by atoms with Crippen molar-refractivity contribution in [2.75, 3.05) is 0 Å². The fourth-order valence-electron chi connectivity index (χ4n) is 0.980. The number of ether oxygens (including phenoxy) is 1. The maximum Gasteiger partial charge on any atom is 0.491 e. The molecule has 0 saturated carbocycles. The minimum atomic E-state index is -5.23. The predicted molar refractivity (Wildman–Crippen MR) is 48.1 cm³/mol. The molecule has 0 atom stereocenters. The van der Waals surface area contributed by atoms with Crippen LogP contribution in [0.2, 0.25) is 0 Å². The number of hydrogen-bond acceptors (Lipinski definition) is 2. The van der Waals surface area contributed by atoms with Gasteiger partial charge in [0.25, 0.3) is 0 Å². The molecule has 0 heterocycles. The molecule has 0 aliphatic carbocycles. The largest absolute Gasteiger partial charge is 0.491 e. The minimum Gasteiger partial charge on any atom is -0.420 e. The zero-order valence-electron chi connectivity index (χ0n) is 8.15. The number of rotatable bonds is 2. The Bertz CT molecular complexity index is 441. The van der Waals surface area contributed by atoms with Gasteiger partial charge in [-0.25, -0.2) is 13.6 Å². The lowest BCUT2D eigenvalue weighted by molar-refractivity contribution is -0.189. The number of alkyl halides is 3. The molecule has 7 heteroatoms. The average molecular weight is 252 g/mol. The summed E-state index contributed by atoms with van der Waals surface area (Å²) in [6.07, 6.45) is -4.38. The van der Waals surface area contributed by atoms with Gasteiger partial charge in [0.15, 0.2) is 0 Å². The molecule has 92 valence electrons. The van der Waals surface area contributed by atoms with Crippen LogP contribution in [0, 0.1) is 11.6 Å². The Morgan fingerprint density at radius 1 is 1.24 bits per heavy atom. The van der Waals surface area contributed by atoms with Gasteiger partial charge in [-0.3, -0.25) is 0 Å². The summed E-state index contributed by atoms with van der Waals surface area (Å²) in [5.74, 6) is -5.77. The highest BCUT2D eigenvalue weighted by molar-refractivity contribution is 5.78. The SMILES string of the molecule is C=Cc1c(F)cc(OC(=O)C(F)(F)F)cc1F. The minimum absolute atomic E-state index is 0.462. The summed E-state index contributed by atoms with van der Waals surface area (Å²) >= 11 is 0. The first-order valence-electron chi connectivity index (χ1n) is 4.16. The second-order valence-corrected chi connectivity index (χ2v) is 2.89. The van der Waals surface area contributed by atoms with E-state index in [1.807, 2.05) is 0 Å². The Balaban J connectivity index is 3.03. The van der Waals surface area contributed by atoms with Crippen LogP contribution in [-0.4, -0.2) is 12.1 Å². The first-order valence-corrected chi connectivity index (χ1v) is 4.16. The normalized spacial score (nSPS) is 11.1. The molecule has 1 aromatic carbocycles. The van der Waals surface area contributed by atoms with E-state index in [0.29, 0.717) is 12.1 Å². The quantitative estimate of drug-likeness (QED) is 0.459. The predicted octanol–water partition coefficient (Wildman–Crippen LogP) is 3.08. The highest BCUT2D eigenvalue weighted by Gasteiger charge is 2.41. The monoisotopic (exact) mass is 252 g/mol. The zero-order chi connectivity index (χ0) is 13.2. The lowest BCUT2D eigenvalue weighted by Gasteiger charge is -2.08. The maximum absolute atomic E-state index is 13.1. The lowest BCUT2D eigenvalue weighted by Crippen LogP contribution is -2.28. The van der Waals surface area contributed by atoms with E-state index in [1.165, 1.54) is 0 Å². The van der Waals surface area contributed by atoms with E-state index < -0.39 is 35.1 Å². The van der Waals surface area contributed by atoms with E-state index in [-0.39, 0.29) is 0 Å². The Kier molecular flexibility index (Phi) is 3.50. The van der Waals surface area contributed by atoms with Crippen LogP contribution in [0.1, 0.15) is 5.56 Å². The summed E-state index contributed by atoms with van der Waals surface area (Å²) < 4.78 is 65.3. The average Bonchev–Trinajstić information content (AvgIpc) is 2.15. The van der Waals surface area contributed by atoms with Crippen LogP contribution in [0.3, 0.4) is 0 Å². The molecule has 0 amide bonds. The molecule has 0 N–H and O–H groups in total. The van der Waals surface area contributed by atoms with Gasteiger partial charge in [-0.1, -0.05) is 12.7 Å². The summed E-state index contributed by atoms with van der Waals surface area (Å²) in [5.41, 5.74) is -0.517. The number of esters is 1. The van der Waals surface area contributed by atoms with E-state index in [0.717, 1.165) is 6.08 Å². The Labute approximate surface area is 92.3 Å². The van der Waals surface area contributed by atoms with Gasteiger partial charge in [-0.15, -0.1) is 0 Å². The molecule has 1 rings (SSSR count). The van der Waals surface area contributed by atoms with Crippen molar-refractivity contribution in [2.45, 2.75) is 6.18 Å². The van der Waals surface area contributed by atoms with Gasteiger partial charge in [0.2, 0.25) is 0 Å². The van der Waals surface area contributed by atoms with Crippen LogP contribution in [0.4, 0.5) is 22.0 Å². The van der Waals surface area contributed by atoms with Crippen LogP contribution >= 0.6 is 0 Å². The molecule has 0 aromatic heterocycles. The second kappa shape index (κ2) is 4.52. The van der Waals surface area contributed by atoms with Crippen molar-refractivity contribution in [3.05, 3.63) is 35.9 Å². The lowest BCUT2D eigenvalue weighted by atomic mass is 10.2. The molecule has 2 nitrogen and oxygen atoms in total. The van der Waals surface area contributed by atoms with Gasteiger partial charge < -0.3 is 4.74 Å². The Hall–Kier alpha value is -1.92. The van der Waals surface area contributed by atoms with Crippen LogP contribution in [0.5, 0.6) is 5.75 Å². The second-order valence-electron chi connectivity index (χ2n) is 2.89. The van der Waals surface area contributed by atoms with E-state index >= 15 is 0 Å². The summed E-state index contributed by atoms with van der Waals surface area (Å²) in [5, 5.41) is 0. The van der Waals surface area contributed by atoms with Crippen molar-refractivity contribution in [3.8, 4) is 5.75 Å². The van der Waals surface area contributed by atoms with E-state index in [4.69, 9.17) is 0 Å². The molecule has 0 fully saturated rings. The molecule has 0 aliphatic heterocycles. The van der Waals surface area contributed by atoms with Gasteiger partial charge in [0.1, 0.15) is 17.4 Å². The van der Waals surface area contributed by atoms with Gasteiger partial charge in [0.05, 0.1) is 0 Å². The molecule has 0 saturated heterocycles. The highest BCUT2D eigenvalue weighted by Crippen LogP contribution is 2.24. The van der Waals surface area contributed by atoms with E-state index in [1.54, 1.807) is 0 Å². The van der Waals surface area contributed by atoms with Gasteiger partial charge >= 0.3 is 12.1 Å². The van der Waals surface area contributed by atoms with Crippen molar-refractivity contribution in [3.63, 3.8) is 0 Å². The molecule has 1 aromatic rings. The van der Waals surface area contributed by atoms with Crippen molar-refractivity contribution in [1.82, 2.24) is 0 Å².